The number of phenols is 1. The molecule has 84 valence electrons. The second kappa shape index (κ2) is 3.81. The van der Waals surface area contributed by atoms with Gasteiger partial charge < -0.3 is 5.11 Å². The molecule has 3 rings (SSSR count). The van der Waals surface area contributed by atoms with Crippen molar-refractivity contribution in [2.24, 2.45) is 0 Å². The summed E-state index contributed by atoms with van der Waals surface area (Å²) in [6.07, 6.45) is 3.46. The summed E-state index contributed by atoms with van der Waals surface area (Å²) in [5, 5.41) is 17.5. The normalized spacial score (nSPS) is 10.9. The molecule has 6 heteroatoms. The van der Waals surface area contributed by atoms with Crippen molar-refractivity contribution < 1.29 is 5.11 Å². The summed E-state index contributed by atoms with van der Waals surface area (Å²) in [6, 6.07) is 6.86. The minimum absolute atomic E-state index is 0.195. The summed E-state index contributed by atoms with van der Waals surface area (Å²) < 4.78 is 2.42. The molecule has 0 aliphatic heterocycles. The van der Waals surface area contributed by atoms with Crippen LogP contribution >= 0.6 is 15.9 Å². The summed E-state index contributed by atoms with van der Waals surface area (Å²) >= 11 is 3.32. The van der Waals surface area contributed by atoms with Crippen LogP contribution < -0.4 is 0 Å². The first-order valence-electron chi connectivity index (χ1n) is 4.90. The van der Waals surface area contributed by atoms with E-state index in [-0.39, 0.29) is 5.75 Å². The van der Waals surface area contributed by atoms with Crippen LogP contribution in [0.1, 0.15) is 0 Å². The molecule has 0 unspecified atom stereocenters. The molecule has 0 radical (unpaired) electrons. The van der Waals surface area contributed by atoms with E-state index in [0.29, 0.717) is 11.3 Å². The Morgan fingerprint density at radius 3 is 3.00 bits per heavy atom. The largest absolute Gasteiger partial charge is 0.508 e. The fourth-order valence-electron chi connectivity index (χ4n) is 1.61. The maximum Gasteiger partial charge on any atom is 0.183 e. The molecule has 3 aromatic rings. The van der Waals surface area contributed by atoms with Gasteiger partial charge in [-0.2, -0.15) is 0 Å². The lowest BCUT2D eigenvalue weighted by atomic mass is 10.1. The van der Waals surface area contributed by atoms with E-state index in [9.17, 15) is 5.11 Å². The van der Waals surface area contributed by atoms with Gasteiger partial charge in [-0.25, -0.2) is 9.50 Å². The number of rotatable bonds is 1. The van der Waals surface area contributed by atoms with E-state index in [2.05, 4.69) is 31.2 Å². The maximum absolute atomic E-state index is 9.45. The van der Waals surface area contributed by atoms with E-state index in [1.54, 1.807) is 35.1 Å². The molecule has 0 spiro atoms. The predicted molar refractivity (Wildman–Crippen MR) is 65.6 cm³/mol. The summed E-state index contributed by atoms with van der Waals surface area (Å²) in [4.78, 5) is 4.26. The first-order valence-corrected chi connectivity index (χ1v) is 5.69. The number of halogens is 1. The fraction of sp³-hybridized carbons (Fsp3) is 0. The minimum Gasteiger partial charge on any atom is -0.508 e. The van der Waals surface area contributed by atoms with Gasteiger partial charge in [0, 0.05) is 18.0 Å². The molecular formula is C11H7BrN4O. The third-order valence-electron chi connectivity index (χ3n) is 2.35. The van der Waals surface area contributed by atoms with Gasteiger partial charge in [0.25, 0.3) is 0 Å². The zero-order chi connectivity index (χ0) is 11.8. The molecule has 1 aromatic carbocycles. The van der Waals surface area contributed by atoms with E-state index < -0.39 is 0 Å². The van der Waals surface area contributed by atoms with Gasteiger partial charge >= 0.3 is 0 Å². The van der Waals surface area contributed by atoms with Crippen LogP contribution in [-0.4, -0.2) is 24.9 Å². The topological polar surface area (TPSA) is 63.3 Å². The van der Waals surface area contributed by atoms with Crippen molar-refractivity contribution in [3.05, 3.63) is 41.1 Å². The Balaban J connectivity index is 2.24. The third kappa shape index (κ3) is 1.76. The van der Waals surface area contributed by atoms with Crippen LogP contribution in [-0.2, 0) is 0 Å². The molecule has 0 saturated heterocycles. The fourth-order valence-corrected chi connectivity index (χ4v) is 1.91. The number of hydrogen-bond donors (Lipinski definition) is 1. The standard InChI is InChI=1S/C11H7BrN4O/c12-8-5-13-11-10(14-15-16(11)6-8)7-2-1-3-9(17)4-7/h1-6,17H. The van der Waals surface area contributed by atoms with Crippen LogP contribution in [0.3, 0.4) is 0 Å². The highest BCUT2D eigenvalue weighted by atomic mass is 79.9. The Hall–Kier alpha value is -1.95. The van der Waals surface area contributed by atoms with Crippen molar-refractivity contribution in [2.45, 2.75) is 0 Å². The van der Waals surface area contributed by atoms with Crippen LogP contribution in [0.25, 0.3) is 16.9 Å². The SMILES string of the molecule is Oc1cccc(-c2nnn3cc(Br)cnc23)c1. The van der Waals surface area contributed by atoms with Gasteiger partial charge in [-0.3, -0.25) is 0 Å². The van der Waals surface area contributed by atoms with Gasteiger partial charge in [0.2, 0.25) is 0 Å². The Kier molecular flexibility index (Phi) is 2.29. The van der Waals surface area contributed by atoms with Gasteiger partial charge in [-0.05, 0) is 28.1 Å². The Labute approximate surface area is 105 Å². The smallest absolute Gasteiger partial charge is 0.183 e. The molecular weight excluding hydrogens is 284 g/mol. The van der Waals surface area contributed by atoms with Crippen molar-refractivity contribution in [3.8, 4) is 17.0 Å². The lowest BCUT2D eigenvalue weighted by Gasteiger charge is -1.98. The van der Waals surface area contributed by atoms with Crippen LogP contribution in [0.2, 0.25) is 0 Å². The number of aromatic nitrogens is 4. The highest BCUT2D eigenvalue weighted by molar-refractivity contribution is 9.10. The first kappa shape index (κ1) is 10.2. The van der Waals surface area contributed by atoms with Gasteiger partial charge in [-0.15, -0.1) is 5.10 Å². The second-order valence-electron chi connectivity index (χ2n) is 3.53. The van der Waals surface area contributed by atoms with Crippen molar-refractivity contribution in [2.75, 3.05) is 0 Å². The van der Waals surface area contributed by atoms with Gasteiger partial charge in [0.05, 0.1) is 4.47 Å². The molecule has 0 aliphatic carbocycles. The molecule has 5 nitrogen and oxygen atoms in total. The van der Waals surface area contributed by atoms with E-state index in [1.807, 2.05) is 6.07 Å². The van der Waals surface area contributed by atoms with Crippen LogP contribution in [0, 0.1) is 0 Å². The van der Waals surface area contributed by atoms with Crippen LogP contribution in [0.5, 0.6) is 5.75 Å². The lowest BCUT2D eigenvalue weighted by Crippen LogP contribution is -1.89. The average Bonchev–Trinajstić information content (AvgIpc) is 2.71. The zero-order valence-electron chi connectivity index (χ0n) is 8.58. The van der Waals surface area contributed by atoms with E-state index in [0.717, 1.165) is 10.0 Å². The summed E-state index contributed by atoms with van der Waals surface area (Å²) in [7, 11) is 0. The van der Waals surface area contributed by atoms with E-state index >= 15 is 0 Å². The average molecular weight is 291 g/mol. The van der Waals surface area contributed by atoms with Gasteiger partial charge in [0.15, 0.2) is 5.65 Å². The number of fused-ring (bicyclic) bond motifs is 1. The Morgan fingerprint density at radius 1 is 1.29 bits per heavy atom. The second-order valence-corrected chi connectivity index (χ2v) is 4.44. The quantitative estimate of drug-likeness (QED) is 0.747. The number of benzene rings is 1. The molecule has 0 atom stereocenters. The van der Waals surface area contributed by atoms with Gasteiger partial charge in [0.1, 0.15) is 11.4 Å². The lowest BCUT2D eigenvalue weighted by molar-refractivity contribution is 0.475. The Morgan fingerprint density at radius 2 is 2.18 bits per heavy atom. The molecule has 0 fully saturated rings. The van der Waals surface area contributed by atoms with Crippen LogP contribution in [0.4, 0.5) is 0 Å². The van der Waals surface area contributed by atoms with E-state index in [1.165, 1.54) is 0 Å². The third-order valence-corrected chi connectivity index (χ3v) is 2.75. The highest BCUT2D eigenvalue weighted by Crippen LogP contribution is 2.24. The summed E-state index contributed by atoms with van der Waals surface area (Å²) in [6.45, 7) is 0. The van der Waals surface area contributed by atoms with Crippen molar-refractivity contribution in [1.29, 1.82) is 0 Å². The van der Waals surface area contributed by atoms with E-state index in [4.69, 9.17) is 0 Å². The number of hydrogen-bond acceptors (Lipinski definition) is 4. The molecule has 0 bridgehead atoms. The maximum atomic E-state index is 9.45. The summed E-state index contributed by atoms with van der Waals surface area (Å²) in [5.41, 5.74) is 2.09. The van der Waals surface area contributed by atoms with Crippen molar-refractivity contribution in [3.63, 3.8) is 0 Å². The molecule has 2 heterocycles. The van der Waals surface area contributed by atoms with Crippen molar-refractivity contribution >= 4 is 21.6 Å². The Bertz CT molecular complexity index is 695. The van der Waals surface area contributed by atoms with Gasteiger partial charge in [-0.1, -0.05) is 17.3 Å². The van der Waals surface area contributed by atoms with Crippen LogP contribution in [0.15, 0.2) is 41.1 Å². The summed E-state index contributed by atoms with van der Waals surface area (Å²) in [5.74, 6) is 0.195. The molecule has 17 heavy (non-hydrogen) atoms. The zero-order valence-corrected chi connectivity index (χ0v) is 10.2. The molecule has 0 aliphatic rings. The number of aromatic hydroxyl groups is 1. The predicted octanol–water partition coefficient (Wildman–Crippen LogP) is 2.26. The molecule has 2 aromatic heterocycles. The highest BCUT2D eigenvalue weighted by Gasteiger charge is 2.10. The number of nitrogens with zero attached hydrogens (tertiary/aromatic N) is 4. The molecule has 0 amide bonds. The first-order chi connectivity index (χ1) is 8.24. The minimum atomic E-state index is 0.195. The monoisotopic (exact) mass is 290 g/mol. The number of phenolic OH excluding ortho intramolecular Hbond substituents is 1. The molecule has 0 saturated carbocycles. The van der Waals surface area contributed by atoms with Crippen molar-refractivity contribution in [1.82, 2.24) is 19.8 Å². The molecule has 1 N–H and O–H groups in total.